The molecule has 29 heavy (non-hydrogen) atoms. The predicted octanol–water partition coefficient (Wildman–Crippen LogP) is 2.30. The summed E-state index contributed by atoms with van der Waals surface area (Å²) in [6.45, 7) is 7.09. The number of methoxy groups -OCH3 is 1. The number of hydrogen-bond donors (Lipinski definition) is 1. The fraction of sp³-hybridized carbons (Fsp3) is 0.526. The van der Waals surface area contributed by atoms with Gasteiger partial charge in [0, 0.05) is 19.6 Å². The molecule has 1 aliphatic rings. The Hall–Kier alpha value is -2.04. The van der Waals surface area contributed by atoms with Crippen LogP contribution in [0.5, 0.6) is 5.75 Å². The summed E-state index contributed by atoms with van der Waals surface area (Å²) in [7, 11) is -2.21. The summed E-state index contributed by atoms with van der Waals surface area (Å²) >= 11 is 1.11. The molecule has 1 aliphatic heterocycles. The highest BCUT2D eigenvalue weighted by Gasteiger charge is 2.28. The third-order valence-electron chi connectivity index (χ3n) is 5.38. The van der Waals surface area contributed by atoms with E-state index >= 15 is 0 Å². The van der Waals surface area contributed by atoms with Gasteiger partial charge in [-0.25, -0.2) is 13.1 Å². The lowest BCUT2D eigenvalue weighted by atomic mass is 9.97. The van der Waals surface area contributed by atoms with E-state index in [1.165, 1.54) is 7.11 Å². The van der Waals surface area contributed by atoms with Gasteiger partial charge in [-0.3, -0.25) is 4.79 Å². The molecule has 0 aliphatic carbocycles. The average Bonchev–Trinajstić information content (AvgIpc) is 3.13. The van der Waals surface area contributed by atoms with Crippen LogP contribution in [0.15, 0.2) is 17.0 Å². The molecule has 1 amide bonds. The van der Waals surface area contributed by atoms with Gasteiger partial charge in [-0.1, -0.05) is 4.49 Å². The van der Waals surface area contributed by atoms with E-state index in [9.17, 15) is 13.2 Å². The van der Waals surface area contributed by atoms with E-state index in [0.29, 0.717) is 36.0 Å². The van der Waals surface area contributed by atoms with E-state index in [4.69, 9.17) is 4.74 Å². The summed E-state index contributed by atoms with van der Waals surface area (Å²) in [5.74, 6) is 0.470. The Morgan fingerprint density at radius 3 is 2.48 bits per heavy atom. The minimum Gasteiger partial charge on any atom is -0.495 e. The van der Waals surface area contributed by atoms with Crippen molar-refractivity contribution in [2.45, 2.75) is 38.5 Å². The van der Waals surface area contributed by atoms with Gasteiger partial charge >= 0.3 is 0 Å². The van der Waals surface area contributed by atoms with Crippen LogP contribution in [0.2, 0.25) is 0 Å². The van der Waals surface area contributed by atoms with Crippen molar-refractivity contribution in [1.29, 1.82) is 0 Å². The fourth-order valence-corrected chi connectivity index (χ4v) is 5.32. The third-order valence-corrected chi connectivity index (χ3v) is 7.64. The lowest BCUT2D eigenvalue weighted by molar-refractivity contribution is 0.0696. The molecular weight excluding hydrogens is 412 g/mol. The van der Waals surface area contributed by atoms with Gasteiger partial charge in [0.05, 0.1) is 12.8 Å². The van der Waals surface area contributed by atoms with E-state index in [1.807, 2.05) is 13.8 Å². The molecule has 2 aromatic rings. The first-order valence-electron chi connectivity index (χ1n) is 9.46. The van der Waals surface area contributed by atoms with Crippen molar-refractivity contribution in [2.24, 2.45) is 5.92 Å². The Labute approximate surface area is 175 Å². The number of likely N-dealkylation sites (tertiary alicyclic amines) is 1. The first-order chi connectivity index (χ1) is 13.7. The number of ether oxygens (including phenoxy) is 1. The summed E-state index contributed by atoms with van der Waals surface area (Å²) in [5.41, 5.74) is 2.52. The van der Waals surface area contributed by atoms with Crippen LogP contribution >= 0.6 is 11.5 Å². The molecule has 8 nitrogen and oxygen atoms in total. The average molecular weight is 439 g/mol. The molecule has 0 bridgehead atoms. The monoisotopic (exact) mass is 438 g/mol. The standard InChI is InChI=1S/C19H26N4O4S2/c1-12-9-16(27-4)17(10-13(12)2)29(25,26)20-11-15-5-7-23(8-6-15)19(24)18-14(3)21-22-28-18/h9-10,15,20H,5-8,11H2,1-4H3. The van der Waals surface area contributed by atoms with Crippen molar-refractivity contribution in [2.75, 3.05) is 26.7 Å². The number of hydrogen-bond acceptors (Lipinski definition) is 7. The maximum absolute atomic E-state index is 12.8. The van der Waals surface area contributed by atoms with Gasteiger partial charge in [0.2, 0.25) is 10.0 Å². The number of nitrogens with one attached hydrogen (secondary N) is 1. The maximum Gasteiger partial charge on any atom is 0.267 e. The largest absolute Gasteiger partial charge is 0.495 e. The quantitative estimate of drug-likeness (QED) is 0.743. The first kappa shape index (κ1) is 21.7. The molecule has 2 heterocycles. The van der Waals surface area contributed by atoms with Crippen molar-refractivity contribution in [1.82, 2.24) is 19.2 Å². The summed E-state index contributed by atoms with van der Waals surface area (Å²) < 4.78 is 37.4. The molecule has 158 valence electrons. The SMILES string of the molecule is COc1cc(C)c(C)cc1S(=O)(=O)NCC1CCN(C(=O)c2snnc2C)CC1. The van der Waals surface area contributed by atoms with E-state index in [1.54, 1.807) is 24.0 Å². The van der Waals surface area contributed by atoms with Gasteiger partial charge in [-0.05, 0) is 74.3 Å². The summed E-state index contributed by atoms with van der Waals surface area (Å²) in [6, 6.07) is 3.38. The molecule has 0 atom stereocenters. The van der Waals surface area contributed by atoms with Crippen LogP contribution in [0, 0.1) is 26.7 Å². The number of benzene rings is 1. The van der Waals surface area contributed by atoms with Gasteiger partial charge < -0.3 is 9.64 Å². The molecule has 0 unspecified atom stereocenters. The second-order valence-corrected chi connectivity index (χ2v) is 9.85. The smallest absolute Gasteiger partial charge is 0.267 e. The molecule has 10 heteroatoms. The lowest BCUT2D eigenvalue weighted by Gasteiger charge is -2.31. The van der Waals surface area contributed by atoms with Gasteiger partial charge in [-0.2, -0.15) is 0 Å². The molecule has 3 rings (SSSR count). The van der Waals surface area contributed by atoms with Crippen molar-refractivity contribution in [3.05, 3.63) is 33.8 Å². The molecule has 1 saturated heterocycles. The van der Waals surface area contributed by atoms with Crippen LogP contribution in [0.1, 0.15) is 39.3 Å². The summed E-state index contributed by atoms with van der Waals surface area (Å²) in [5, 5.41) is 3.89. The second-order valence-electron chi connectivity index (χ2n) is 7.36. The lowest BCUT2D eigenvalue weighted by Crippen LogP contribution is -2.41. The normalized spacial score (nSPS) is 15.5. The van der Waals surface area contributed by atoms with Gasteiger partial charge in [-0.15, -0.1) is 5.10 Å². The van der Waals surface area contributed by atoms with Crippen molar-refractivity contribution < 1.29 is 17.9 Å². The number of aryl methyl sites for hydroxylation is 3. The fourth-order valence-electron chi connectivity index (χ4n) is 3.35. The Bertz CT molecular complexity index is 996. The number of carbonyl (C=O) groups excluding carboxylic acids is 1. The van der Waals surface area contributed by atoms with Gasteiger partial charge in [0.15, 0.2) is 0 Å². The number of sulfonamides is 1. The molecule has 0 spiro atoms. The first-order valence-corrected chi connectivity index (χ1v) is 11.7. The molecular formula is C19H26N4O4S2. The number of amides is 1. The van der Waals surface area contributed by atoms with Crippen LogP contribution in [0.4, 0.5) is 0 Å². The van der Waals surface area contributed by atoms with Crippen molar-refractivity contribution in [3.8, 4) is 5.75 Å². The molecule has 1 aromatic heterocycles. The summed E-state index contributed by atoms with van der Waals surface area (Å²) in [6.07, 6.45) is 1.48. The highest BCUT2D eigenvalue weighted by Crippen LogP contribution is 2.28. The number of carbonyl (C=O) groups is 1. The van der Waals surface area contributed by atoms with E-state index in [-0.39, 0.29) is 16.7 Å². The zero-order valence-electron chi connectivity index (χ0n) is 17.1. The zero-order valence-corrected chi connectivity index (χ0v) is 18.7. The Balaban J connectivity index is 1.60. The van der Waals surface area contributed by atoms with E-state index < -0.39 is 10.0 Å². The number of nitrogens with zero attached hydrogens (tertiary/aromatic N) is 3. The maximum atomic E-state index is 12.8. The zero-order chi connectivity index (χ0) is 21.2. The highest BCUT2D eigenvalue weighted by atomic mass is 32.2. The van der Waals surface area contributed by atoms with Crippen LogP contribution in [-0.2, 0) is 10.0 Å². The Morgan fingerprint density at radius 1 is 1.24 bits per heavy atom. The van der Waals surface area contributed by atoms with Crippen LogP contribution in [0.3, 0.4) is 0 Å². The van der Waals surface area contributed by atoms with Gasteiger partial charge in [0.25, 0.3) is 5.91 Å². The van der Waals surface area contributed by atoms with E-state index in [0.717, 1.165) is 35.5 Å². The number of rotatable bonds is 6. The predicted molar refractivity (Wildman–Crippen MR) is 111 cm³/mol. The summed E-state index contributed by atoms with van der Waals surface area (Å²) in [4.78, 5) is 15.1. The van der Waals surface area contributed by atoms with E-state index in [2.05, 4.69) is 14.3 Å². The molecule has 0 saturated carbocycles. The van der Waals surface area contributed by atoms with Crippen molar-refractivity contribution in [3.63, 3.8) is 0 Å². The molecule has 1 N–H and O–H groups in total. The van der Waals surface area contributed by atoms with Crippen LogP contribution in [0.25, 0.3) is 0 Å². The highest BCUT2D eigenvalue weighted by molar-refractivity contribution is 7.89. The second kappa shape index (κ2) is 8.76. The molecule has 0 radical (unpaired) electrons. The molecule has 1 aromatic carbocycles. The third kappa shape index (κ3) is 4.76. The minimum atomic E-state index is -3.68. The Kier molecular flexibility index (Phi) is 6.55. The topological polar surface area (TPSA) is 101 Å². The molecule has 1 fully saturated rings. The van der Waals surface area contributed by atoms with Crippen LogP contribution in [-0.4, -0.2) is 55.6 Å². The van der Waals surface area contributed by atoms with Crippen LogP contribution < -0.4 is 9.46 Å². The van der Waals surface area contributed by atoms with Gasteiger partial charge in [0.1, 0.15) is 15.5 Å². The van der Waals surface area contributed by atoms with Crippen molar-refractivity contribution >= 4 is 27.5 Å². The number of piperidine rings is 1. The number of aromatic nitrogens is 2. The minimum absolute atomic E-state index is 0.0450. The Morgan fingerprint density at radius 2 is 1.90 bits per heavy atom.